The first-order chi connectivity index (χ1) is 7.91. The molecule has 0 heterocycles. The summed E-state index contributed by atoms with van der Waals surface area (Å²) in [6, 6.07) is 5.42. The average molecular weight is 236 g/mol. The predicted molar refractivity (Wildman–Crippen MR) is 63.3 cm³/mol. The minimum Gasteiger partial charge on any atom is -0.480 e. The van der Waals surface area contributed by atoms with E-state index in [0.717, 1.165) is 5.56 Å². The number of carboxylic acids is 1. The molecule has 0 aliphatic rings. The monoisotopic (exact) mass is 236 g/mol. The van der Waals surface area contributed by atoms with Gasteiger partial charge in [-0.05, 0) is 19.4 Å². The lowest BCUT2D eigenvalue weighted by Crippen LogP contribution is -2.43. The number of hydrogen-bond donors (Lipinski definition) is 3. The number of hydrogen-bond acceptors (Lipinski definition) is 3. The molecule has 0 spiro atoms. The summed E-state index contributed by atoms with van der Waals surface area (Å²) < 4.78 is 0. The van der Waals surface area contributed by atoms with Crippen LogP contribution < -0.4 is 11.1 Å². The molecule has 1 aromatic rings. The Hall–Kier alpha value is -1.88. The van der Waals surface area contributed by atoms with Crippen molar-refractivity contribution in [1.82, 2.24) is 5.32 Å². The van der Waals surface area contributed by atoms with Crippen LogP contribution in [0.5, 0.6) is 0 Å². The number of amides is 1. The lowest BCUT2D eigenvalue weighted by atomic mass is 10.1. The van der Waals surface area contributed by atoms with Crippen molar-refractivity contribution >= 4 is 11.9 Å². The Labute approximate surface area is 99.6 Å². The van der Waals surface area contributed by atoms with Gasteiger partial charge in [0.1, 0.15) is 12.1 Å². The molecule has 5 heteroatoms. The third kappa shape index (κ3) is 3.57. The standard InChI is InChI=1S/C12H16N2O3/c1-7-3-5-9(6-4-7)10(13)11(15)14-8(2)12(16)17/h3-6,8,10H,13H2,1-2H3,(H,14,15)(H,16,17)/t8-,10?/m0/s1. The molecule has 0 radical (unpaired) electrons. The maximum atomic E-state index is 11.6. The van der Waals surface area contributed by atoms with E-state index in [1.807, 2.05) is 19.1 Å². The molecule has 0 saturated carbocycles. The Balaban J connectivity index is 2.70. The molecular formula is C12H16N2O3. The molecule has 0 aliphatic heterocycles. The van der Waals surface area contributed by atoms with Crippen LogP contribution in [0.1, 0.15) is 24.1 Å². The first kappa shape index (κ1) is 13.2. The van der Waals surface area contributed by atoms with Gasteiger partial charge in [-0.3, -0.25) is 9.59 Å². The lowest BCUT2D eigenvalue weighted by Gasteiger charge is -2.15. The number of benzene rings is 1. The summed E-state index contributed by atoms with van der Waals surface area (Å²) in [6.07, 6.45) is 0. The number of rotatable bonds is 4. The number of carboxylic acid groups (broad SMARTS) is 1. The van der Waals surface area contributed by atoms with Crippen LogP contribution >= 0.6 is 0 Å². The molecule has 92 valence electrons. The number of aryl methyl sites for hydroxylation is 1. The van der Waals surface area contributed by atoms with Crippen molar-refractivity contribution in [2.24, 2.45) is 5.73 Å². The third-order valence-electron chi connectivity index (χ3n) is 2.45. The highest BCUT2D eigenvalue weighted by Gasteiger charge is 2.20. The fourth-order valence-corrected chi connectivity index (χ4v) is 1.29. The minimum absolute atomic E-state index is 0.497. The maximum Gasteiger partial charge on any atom is 0.325 e. The normalized spacial score (nSPS) is 13.8. The van der Waals surface area contributed by atoms with E-state index >= 15 is 0 Å². The van der Waals surface area contributed by atoms with Crippen LogP contribution in [0.3, 0.4) is 0 Å². The van der Waals surface area contributed by atoms with Crippen LogP contribution in [0.4, 0.5) is 0 Å². The van der Waals surface area contributed by atoms with Crippen LogP contribution in [0, 0.1) is 6.92 Å². The highest BCUT2D eigenvalue weighted by molar-refractivity contribution is 5.87. The first-order valence-corrected chi connectivity index (χ1v) is 5.27. The van der Waals surface area contributed by atoms with E-state index in [2.05, 4.69) is 5.32 Å². The van der Waals surface area contributed by atoms with Gasteiger partial charge in [0.15, 0.2) is 0 Å². The molecule has 1 rings (SSSR count). The van der Waals surface area contributed by atoms with Gasteiger partial charge >= 0.3 is 5.97 Å². The Morgan fingerprint density at radius 3 is 2.29 bits per heavy atom. The summed E-state index contributed by atoms with van der Waals surface area (Å²) in [6.45, 7) is 3.32. The van der Waals surface area contributed by atoms with E-state index in [4.69, 9.17) is 10.8 Å². The Kier molecular flexibility index (Phi) is 4.23. The van der Waals surface area contributed by atoms with E-state index < -0.39 is 24.0 Å². The van der Waals surface area contributed by atoms with Gasteiger partial charge in [-0.15, -0.1) is 0 Å². The van der Waals surface area contributed by atoms with Gasteiger partial charge in [0.05, 0.1) is 0 Å². The number of nitrogens with two attached hydrogens (primary N) is 1. The molecule has 0 bridgehead atoms. The first-order valence-electron chi connectivity index (χ1n) is 5.27. The van der Waals surface area contributed by atoms with E-state index in [0.29, 0.717) is 5.56 Å². The Morgan fingerprint density at radius 2 is 1.82 bits per heavy atom. The molecule has 17 heavy (non-hydrogen) atoms. The molecule has 0 aliphatic carbocycles. The van der Waals surface area contributed by atoms with Crippen LogP contribution in [0.25, 0.3) is 0 Å². The second kappa shape index (κ2) is 5.45. The second-order valence-corrected chi connectivity index (χ2v) is 3.96. The average Bonchev–Trinajstić information content (AvgIpc) is 2.28. The van der Waals surface area contributed by atoms with Gasteiger partial charge in [-0.2, -0.15) is 0 Å². The smallest absolute Gasteiger partial charge is 0.325 e. The lowest BCUT2D eigenvalue weighted by molar-refractivity contribution is -0.141. The molecule has 4 N–H and O–H groups in total. The van der Waals surface area contributed by atoms with Crippen LogP contribution in [-0.2, 0) is 9.59 Å². The summed E-state index contributed by atoms with van der Waals surface area (Å²) >= 11 is 0. The molecule has 5 nitrogen and oxygen atoms in total. The maximum absolute atomic E-state index is 11.6. The summed E-state index contributed by atoms with van der Waals surface area (Å²) in [5, 5.41) is 11.0. The number of carbonyl (C=O) groups excluding carboxylic acids is 1. The number of nitrogens with one attached hydrogen (secondary N) is 1. The molecule has 1 unspecified atom stereocenters. The second-order valence-electron chi connectivity index (χ2n) is 3.96. The molecule has 0 saturated heterocycles. The summed E-state index contributed by atoms with van der Waals surface area (Å²) in [5.41, 5.74) is 7.46. The van der Waals surface area contributed by atoms with Crippen molar-refractivity contribution in [2.75, 3.05) is 0 Å². The topological polar surface area (TPSA) is 92.4 Å². The highest BCUT2D eigenvalue weighted by atomic mass is 16.4. The zero-order valence-electron chi connectivity index (χ0n) is 9.81. The fourth-order valence-electron chi connectivity index (χ4n) is 1.29. The van der Waals surface area contributed by atoms with Gasteiger partial charge < -0.3 is 16.2 Å². The van der Waals surface area contributed by atoms with Crippen molar-refractivity contribution < 1.29 is 14.7 Å². The molecule has 1 amide bonds. The molecular weight excluding hydrogens is 220 g/mol. The third-order valence-corrected chi connectivity index (χ3v) is 2.45. The van der Waals surface area contributed by atoms with Gasteiger partial charge in [0.25, 0.3) is 0 Å². The molecule has 0 aromatic heterocycles. The van der Waals surface area contributed by atoms with E-state index in [1.54, 1.807) is 12.1 Å². The number of aliphatic carboxylic acids is 1. The quantitative estimate of drug-likeness (QED) is 0.713. The van der Waals surface area contributed by atoms with E-state index in [1.165, 1.54) is 6.92 Å². The molecule has 0 fully saturated rings. The molecule has 1 aromatic carbocycles. The zero-order chi connectivity index (χ0) is 13.0. The van der Waals surface area contributed by atoms with Gasteiger partial charge in [-0.1, -0.05) is 29.8 Å². The highest BCUT2D eigenvalue weighted by Crippen LogP contribution is 2.11. The minimum atomic E-state index is -1.09. The van der Waals surface area contributed by atoms with Gasteiger partial charge in [0.2, 0.25) is 5.91 Å². The van der Waals surface area contributed by atoms with Crippen molar-refractivity contribution in [3.05, 3.63) is 35.4 Å². The van der Waals surface area contributed by atoms with Gasteiger partial charge in [0, 0.05) is 0 Å². The predicted octanol–water partition coefficient (Wildman–Crippen LogP) is 0.584. The van der Waals surface area contributed by atoms with Crippen molar-refractivity contribution in [2.45, 2.75) is 25.9 Å². The summed E-state index contributed by atoms with van der Waals surface area (Å²) in [5.74, 6) is -1.58. The fraction of sp³-hybridized carbons (Fsp3) is 0.333. The summed E-state index contributed by atoms with van der Waals surface area (Å²) in [7, 11) is 0. The van der Waals surface area contributed by atoms with Crippen molar-refractivity contribution in [3.8, 4) is 0 Å². The van der Waals surface area contributed by atoms with Crippen molar-refractivity contribution in [1.29, 1.82) is 0 Å². The Bertz CT molecular complexity index is 414. The summed E-state index contributed by atoms with van der Waals surface area (Å²) in [4.78, 5) is 22.2. The molecule has 2 atom stereocenters. The number of carbonyl (C=O) groups is 2. The van der Waals surface area contributed by atoms with Crippen LogP contribution in [0.2, 0.25) is 0 Å². The van der Waals surface area contributed by atoms with E-state index in [-0.39, 0.29) is 0 Å². The SMILES string of the molecule is Cc1ccc(C(N)C(=O)N[C@@H](C)C(=O)O)cc1. The largest absolute Gasteiger partial charge is 0.480 e. The van der Waals surface area contributed by atoms with Crippen LogP contribution in [0.15, 0.2) is 24.3 Å². The zero-order valence-corrected chi connectivity index (χ0v) is 9.81. The van der Waals surface area contributed by atoms with E-state index in [9.17, 15) is 9.59 Å². The van der Waals surface area contributed by atoms with Crippen molar-refractivity contribution in [3.63, 3.8) is 0 Å². The Morgan fingerprint density at radius 1 is 1.29 bits per heavy atom. The van der Waals surface area contributed by atoms with Crippen LogP contribution in [-0.4, -0.2) is 23.0 Å². The van der Waals surface area contributed by atoms with Gasteiger partial charge in [-0.25, -0.2) is 0 Å².